The zero-order valence-corrected chi connectivity index (χ0v) is 20.5. The molecule has 0 aliphatic carbocycles. The van der Waals surface area contributed by atoms with Crippen LogP contribution in [-0.4, -0.2) is 33.1 Å². The minimum atomic E-state index is -4.74. The van der Waals surface area contributed by atoms with Gasteiger partial charge < -0.3 is 4.74 Å². The molecule has 0 saturated carbocycles. The van der Waals surface area contributed by atoms with Crippen molar-refractivity contribution >= 4 is 52.0 Å². The van der Waals surface area contributed by atoms with Gasteiger partial charge in [0.05, 0.1) is 23.2 Å². The van der Waals surface area contributed by atoms with Crippen LogP contribution in [0.5, 0.6) is 5.75 Å². The number of nitrogens with one attached hydrogen (secondary N) is 2. The number of alkyl halides is 3. The Morgan fingerprint density at radius 1 is 1.08 bits per heavy atom. The number of ether oxygens (including phenoxy) is 1. The van der Waals surface area contributed by atoms with Crippen molar-refractivity contribution in [3.63, 3.8) is 0 Å². The van der Waals surface area contributed by atoms with E-state index in [1.807, 2.05) is 43.3 Å². The molecule has 0 fully saturated rings. The molecule has 8 nitrogen and oxygen atoms in total. The molecule has 38 heavy (non-hydrogen) atoms. The highest BCUT2D eigenvalue weighted by Crippen LogP contribution is 2.29. The first-order valence-electron chi connectivity index (χ1n) is 11.2. The topological polar surface area (TPSA) is 93.4 Å². The predicted octanol–water partition coefficient (Wildman–Crippen LogP) is 6.58. The summed E-state index contributed by atoms with van der Waals surface area (Å²) in [5, 5.41) is 4.50. The molecular weight excluding hydrogens is 517 g/mol. The van der Waals surface area contributed by atoms with E-state index in [-0.39, 0.29) is 5.75 Å². The zero-order valence-electron chi connectivity index (χ0n) is 19.7. The Hall–Kier alpha value is -4.58. The van der Waals surface area contributed by atoms with Crippen molar-refractivity contribution in [1.82, 2.24) is 19.3 Å². The number of benzene rings is 3. The Kier molecular flexibility index (Phi) is 6.88. The molecule has 0 bridgehead atoms. The Labute approximate surface area is 218 Å². The van der Waals surface area contributed by atoms with Crippen LogP contribution in [0.1, 0.15) is 11.1 Å². The van der Waals surface area contributed by atoms with Crippen LogP contribution in [0.2, 0.25) is 0 Å². The molecule has 0 aliphatic rings. The van der Waals surface area contributed by atoms with Crippen LogP contribution in [0.15, 0.2) is 83.7 Å². The number of fused-ring (bicyclic) bond motifs is 3. The van der Waals surface area contributed by atoms with Crippen LogP contribution >= 0.6 is 12.1 Å². The molecular formula is C26H19F3N6O2S. The van der Waals surface area contributed by atoms with Crippen molar-refractivity contribution in [2.45, 2.75) is 13.3 Å². The summed E-state index contributed by atoms with van der Waals surface area (Å²) >= 11 is 0.887. The van der Waals surface area contributed by atoms with Crippen LogP contribution in [0.4, 0.5) is 23.8 Å². The standard InChI is InChI=1S/C26H19F3N6O2S/c1-16-3-2-12-30-24(16)33-25(36)34-38-32-14-17-4-10-21-18(13-17)5-11-22-23(21)31-15-35(22)19-6-8-20(9-7-19)37-26(27,28)29/h2-15H,1H3,(H2,30,33,34,36)/b32-14+. The third-order valence-electron chi connectivity index (χ3n) is 5.54. The number of aryl methyl sites for hydroxylation is 1. The van der Waals surface area contributed by atoms with Crippen LogP contribution in [0, 0.1) is 6.92 Å². The molecule has 0 saturated heterocycles. The van der Waals surface area contributed by atoms with Gasteiger partial charge in [-0.1, -0.05) is 24.3 Å². The van der Waals surface area contributed by atoms with E-state index in [2.05, 4.69) is 29.1 Å². The second-order valence-electron chi connectivity index (χ2n) is 8.12. The summed E-state index contributed by atoms with van der Waals surface area (Å²) in [5.41, 5.74) is 3.87. The van der Waals surface area contributed by atoms with E-state index in [1.165, 1.54) is 24.3 Å². The Bertz CT molecular complexity index is 1650. The maximum atomic E-state index is 12.4. The summed E-state index contributed by atoms with van der Waals surface area (Å²) in [6.45, 7) is 1.85. The fourth-order valence-electron chi connectivity index (χ4n) is 3.83. The maximum absolute atomic E-state index is 12.4. The average molecular weight is 537 g/mol. The van der Waals surface area contributed by atoms with Gasteiger partial charge in [0, 0.05) is 23.5 Å². The number of hydrogen-bond acceptors (Lipinski definition) is 6. The van der Waals surface area contributed by atoms with Gasteiger partial charge in [-0.2, -0.15) is 0 Å². The van der Waals surface area contributed by atoms with Crippen molar-refractivity contribution < 1.29 is 22.7 Å². The Balaban J connectivity index is 1.27. The number of halogens is 3. The number of anilines is 1. The van der Waals surface area contributed by atoms with Gasteiger partial charge in [0.2, 0.25) is 0 Å². The number of nitrogens with zero attached hydrogens (tertiary/aromatic N) is 4. The molecule has 2 aromatic heterocycles. The van der Waals surface area contributed by atoms with Crippen molar-refractivity contribution in [2.24, 2.45) is 4.40 Å². The summed E-state index contributed by atoms with van der Waals surface area (Å²) in [6, 6.07) is 18.4. The van der Waals surface area contributed by atoms with Crippen molar-refractivity contribution in [2.75, 3.05) is 5.32 Å². The molecule has 2 N–H and O–H groups in total. The second kappa shape index (κ2) is 10.4. The molecule has 0 radical (unpaired) electrons. The molecule has 5 rings (SSSR count). The number of imidazole rings is 1. The molecule has 2 amide bonds. The van der Waals surface area contributed by atoms with Gasteiger partial charge >= 0.3 is 12.4 Å². The van der Waals surface area contributed by atoms with Gasteiger partial charge in [0.1, 0.15) is 17.9 Å². The summed E-state index contributed by atoms with van der Waals surface area (Å²) in [7, 11) is 0. The number of carbonyl (C=O) groups is 1. The molecule has 0 spiro atoms. The Morgan fingerprint density at radius 3 is 2.66 bits per heavy atom. The molecule has 2 heterocycles. The normalized spacial score (nSPS) is 11.8. The van der Waals surface area contributed by atoms with Gasteiger partial charge in [-0.15, -0.1) is 13.2 Å². The molecule has 0 unspecified atom stereocenters. The zero-order chi connectivity index (χ0) is 26.7. The number of aromatic nitrogens is 3. The van der Waals surface area contributed by atoms with Gasteiger partial charge in [0.15, 0.2) is 0 Å². The molecule has 5 aromatic rings. The fraction of sp³-hybridized carbons (Fsp3) is 0.0769. The minimum absolute atomic E-state index is 0.289. The van der Waals surface area contributed by atoms with E-state index < -0.39 is 12.4 Å². The minimum Gasteiger partial charge on any atom is -0.406 e. The van der Waals surface area contributed by atoms with Crippen molar-refractivity contribution in [1.29, 1.82) is 0 Å². The Morgan fingerprint density at radius 2 is 1.89 bits per heavy atom. The third kappa shape index (κ3) is 5.70. The first-order valence-corrected chi connectivity index (χ1v) is 12.0. The predicted molar refractivity (Wildman–Crippen MR) is 142 cm³/mol. The molecule has 3 aromatic carbocycles. The highest BCUT2D eigenvalue weighted by molar-refractivity contribution is 7.96. The van der Waals surface area contributed by atoms with E-state index in [4.69, 9.17) is 0 Å². The molecule has 0 aliphatic heterocycles. The lowest BCUT2D eigenvalue weighted by Crippen LogP contribution is -2.23. The van der Waals surface area contributed by atoms with Gasteiger partial charge in [-0.25, -0.2) is 19.2 Å². The summed E-state index contributed by atoms with van der Waals surface area (Å²) in [6.07, 6.45) is 0.109. The fourth-order valence-corrected chi connectivity index (χ4v) is 4.19. The SMILES string of the molecule is Cc1cccnc1NC(=O)NS/N=C/c1ccc2c(ccc3c2ncn3-c2ccc(OC(F)(F)F)cc2)c1. The molecule has 0 atom stereocenters. The largest absolute Gasteiger partial charge is 0.573 e. The third-order valence-corrected chi connectivity index (χ3v) is 6.03. The number of carbonyl (C=O) groups excluding carboxylic acids is 1. The van der Waals surface area contributed by atoms with Gasteiger partial charge in [-0.3, -0.25) is 14.6 Å². The molecule has 192 valence electrons. The van der Waals surface area contributed by atoms with E-state index >= 15 is 0 Å². The second-order valence-corrected chi connectivity index (χ2v) is 8.72. The van der Waals surface area contributed by atoms with Crippen LogP contribution < -0.4 is 14.8 Å². The number of urea groups is 1. The average Bonchev–Trinajstić information content (AvgIpc) is 3.32. The number of pyridine rings is 1. The van der Waals surface area contributed by atoms with Crippen LogP contribution in [0.25, 0.3) is 27.5 Å². The van der Waals surface area contributed by atoms with E-state index in [1.54, 1.807) is 29.4 Å². The lowest BCUT2D eigenvalue weighted by Gasteiger charge is -2.10. The number of amides is 2. The highest BCUT2D eigenvalue weighted by Gasteiger charge is 2.31. The highest BCUT2D eigenvalue weighted by atomic mass is 32.2. The maximum Gasteiger partial charge on any atom is 0.573 e. The lowest BCUT2D eigenvalue weighted by atomic mass is 10.1. The smallest absolute Gasteiger partial charge is 0.406 e. The first-order chi connectivity index (χ1) is 18.3. The van der Waals surface area contributed by atoms with Gasteiger partial charge in [0.25, 0.3) is 0 Å². The quantitative estimate of drug-likeness (QED) is 0.189. The monoisotopic (exact) mass is 536 g/mol. The van der Waals surface area contributed by atoms with E-state index in [9.17, 15) is 18.0 Å². The summed E-state index contributed by atoms with van der Waals surface area (Å²) < 4.78 is 49.8. The van der Waals surface area contributed by atoms with Gasteiger partial charge in [-0.05, 0) is 65.9 Å². The first kappa shape index (κ1) is 25.1. The number of rotatable bonds is 6. The van der Waals surface area contributed by atoms with E-state index in [0.717, 1.165) is 45.1 Å². The summed E-state index contributed by atoms with van der Waals surface area (Å²) in [5.74, 6) is 0.188. The van der Waals surface area contributed by atoms with Crippen molar-refractivity contribution in [3.05, 3.63) is 90.4 Å². The van der Waals surface area contributed by atoms with Crippen molar-refractivity contribution in [3.8, 4) is 11.4 Å². The number of hydrogen-bond donors (Lipinski definition) is 2. The van der Waals surface area contributed by atoms with E-state index in [0.29, 0.717) is 11.5 Å². The summed E-state index contributed by atoms with van der Waals surface area (Å²) in [4.78, 5) is 20.7. The molecule has 12 heteroatoms. The van der Waals surface area contributed by atoms with Crippen LogP contribution in [-0.2, 0) is 0 Å². The lowest BCUT2D eigenvalue weighted by molar-refractivity contribution is -0.274. The van der Waals surface area contributed by atoms with Crippen LogP contribution in [0.3, 0.4) is 0 Å².